The van der Waals surface area contributed by atoms with E-state index in [0.717, 1.165) is 31.6 Å². The Balaban J connectivity index is 1.62. The summed E-state index contributed by atoms with van der Waals surface area (Å²) in [7, 11) is 1.87. The molecule has 0 spiro atoms. The van der Waals surface area contributed by atoms with Crippen molar-refractivity contribution in [3.8, 4) is 0 Å². The monoisotopic (exact) mass is 348 g/mol. The van der Waals surface area contributed by atoms with Gasteiger partial charge in [0.05, 0.1) is 16.8 Å². The number of aryl methyl sites for hydroxylation is 1. The number of carbonyl (C=O) groups is 1. The molecule has 0 saturated carbocycles. The molecule has 0 radical (unpaired) electrons. The summed E-state index contributed by atoms with van der Waals surface area (Å²) in [5.41, 5.74) is 0.995. The molecule has 1 aliphatic rings. The highest BCUT2D eigenvalue weighted by molar-refractivity contribution is 6.30. The third-order valence-corrected chi connectivity index (χ3v) is 4.62. The highest BCUT2D eigenvalue weighted by Gasteiger charge is 2.29. The van der Waals surface area contributed by atoms with Crippen molar-refractivity contribution in [1.29, 1.82) is 0 Å². The number of nitrogens with one attached hydrogen (secondary N) is 1. The predicted molar refractivity (Wildman–Crippen MR) is 91.9 cm³/mol. The first-order valence-electron chi connectivity index (χ1n) is 8.05. The van der Waals surface area contributed by atoms with Crippen LogP contribution in [0.4, 0.5) is 5.82 Å². The summed E-state index contributed by atoms with van der Waals surface area (Å²) in [6.45, 7) is 3.63. The van der Waals surface area contributed by atoms with Crippen molar-refractivity contribution in [3.63, 3.8) is 0 Å². The maximum absolute atomic E-state index is 12.5. The van der Waals surface area contributed by atoms with Gasteiger partial charge in [-0.2, -0.15) is 0 Å². The van der Waals surface area contributed by atoms with E-state index >= 15 is 0 Å². The predicted octanol–water partition coefficient (Wildman–Crippen LogP) is 2.07. The van der Waals surface area contributed by atoms with Gasteiger partial charge in [0.25, 0.3) is 0 Å². The van der Waals surface area contributed by atoms with Crippen molar-refractivity contribution in [2.24, 2.45) is 7.05 Å². The summed E-state index contributed by atoms with van der Waals surface area (Å²) in [4.78, 5) is 18.8. The van der Waals surface area contributed by atoms with Crippen LogP contribution in [0.3, 0.4) is 0 Å². The van der Waals surface area contributed by atoms with E-state index in [1.54, 1.807) is 16.8 Å². The van der Waals surface area contributed by atoms with Crippen molar-refractivity contribution in [2.75, 3.05) is 18.4 Å². The molecule has 3 rings (SSSR count). The molecular formula is C16H21ClN6O. The number of anilines is 1. The lowest BCUT2D eigenvalue weighted by Crippen LogP contribution is -2.46. The molecule has 2 unspecified atom stereocenters. The van der Waals surface area contributed by atoms with Crippen LogP contribution in [0.5, 0.6) is 0 Å². The molecule has 1 amide bonds. The molecule has 2 aromatic rings. The van der Waals surface area contributed by atoms with Crippen molar-refractivity contribution >= 4 is 23.3 Å². The van der Waals surface area contributed by atoms with E-state index in [-0.39, 0.29) is 11.9 Å². The molecule has 0 aromatic carbocycles. The van der Waals surface area contributed by atoms with Gasteiger partial charge in [0.1, 0.15) is 5.82 Å². The van der Waals surface area contributed by atoms with Crippen molar-refractivity contribution < 1.29 is 4.79 Å². The number of hydrogen-bond donors (Lipinski definition) is 1. The fraction of sp³-hybridized carbons (Fsp3) is 0.500. The smallest absolute Gasteiger partial charge is 0.242 e. The van der Waals surface area contributed by atoms with Gasteiger partial charge in [-0.15, -0.1) is 5.10 Å². The largest absolute Gasteiger partial charge is 0.309 e. The minimum atomic E-state index is -0.234. The number of piperidine rings is 1. The van der Waals surface area contributed by atoms with Gasteiger partial charge in [0.15, 0.2) is 0 Å². The van der Waals surface area contributed by atoms with Crippen molar-refractivity contribution in [2.45, 2.75) is 31.7 Å². The number of aromatic nitrogens is 4. The number of amides is 1. The summed E-state index contributed by atoms with van der Waals surface area (Å²) < 4.78 is 1.72. The highest BCUT2D eigenvalue weighted by atomic mass is 35.5. The number of carbonyl (C=O) groups excluding carboxylic acids is 1. The maximum atomic E-state index is 12.5. The van der Waals surface area contributed by atoms with E-state index in [4.69, 9.17) is 11.6 Å². The molecule has 1 saturated heterocycles. The molecular weight excluding hydrogens is 328 g/mol. The SMILES string of the molecule is CC(C(=O)Nc1ccc(Cl)cn1)N1CCCC(c2cn(C)nn2)C1. The number of halogens is 1. The number of pyridine rings is 1. The molecule has 128 valence electrons. The molecule has 2 atom stereocenters. The van der Waals surface area contributed by atoms with Crippen LogP contribution in [0, 0.1) is 0 Å². The molecule has 2 aromatic heterocycles. The average Bonchev–Trinajstić information content (AvgIpc) is 3.03. The minimum absolute atomic E-state index is 0.0652. The van der Waals surface area contributed by atoms with Crippen LogP contribution in [0.15, 0.2) is 24.5 Å². The van der Waals surface area contributed by atoms with E-state index in [2.05, 4.69) is 25.5 Å². The van der Waals surface area contributed by atoms with Crippen LogP contribution in [0.25, 0.3) is 0 Å². The lowest BCUT2D eigenvalue weighted by molar-refractivity contribution is -0.121. The Kier molecular flexibility index (Phi) is 5.11. The van der Waals surface area contributed by atoms with E-state index in [0.29, 0.717) is 16.8 Å². The van der Waals surface area contributed by atoms with Gasteiger partial charge in [0.2, 0.25) is 5.91 Å². The van der Waals surface area contributed by atoms with Crippen LogP contribution >= 0.6 is 11.6 Å². The summed E-state index contributed by atoms with van der Waals surface area (Å²) in [6, 6.07) is 3.17. The van der Waals surface area contributed by atoms with Crippen molar-refractivity contribution in [1.82, 2.24) is 24.9 Å². The van der Waals surface area contributed by atoms with E-state index in [9.17, 15) is 4.79 Å². The summed E-state index contributed by atoms with van der Waals surface area (Å²) in [6.07, 6.45) is 5.59. The average molecular weight is 349 g/mol. The van der Waals surface area contributed by atoms with Crippen molar-refractivity contribution in [3.05, 3.63) is 35.2 Å². The molecule has 7 nitrogen and oxygen atoms in total. The van der Waals surface area contributed by atoms with E-state index in [1.165, 1.54) is 6.20 Å². The molecule has 3 heterocycles. The Morgan fingerprint density at radius 3 is 2.96 bits per heavy atom. The molecule has 8 heteroatoms. The van der Waals surface area contributed by atoms with Crippen LogP contribution in [0.2, 0.25) is 5.02 Å². The zero-order valence-corrected chi connectivity index (χ0v) is 14.6. The minimum Gasteiger partial charge on any atom is -0.309 e. The Morgan fingerprint density at radius 2 is 2.29 bits per heavy atom. The maximum Gasteiger partial charge on any atom is 0.242 e. The van der Waals surface area contributed by atoms with Gasteiger partial charge in [-0.3, -0.25) is 14.4 Å². The fourth-order valence-corrected chi connectivity index (χ4v) is 3.11. The lowest BCUT2D eigenvalue weighted by atomic mass is 9.94. The number of rotatable bonds is 4. The first kappa shape index (κ1) is 16.9. The Bertz CT molecular complexity index is 701. The Morgan fingerprint density at radius 1 is 1.46 bits per heavy atom. The zero-order valence-electron chi connectivity index (χ0n) is 13.8. The van der Waals surface area contributed by atoms with Gasteiger partial charge < -0.3 is 5.32 Å². The molecule has 1 fully saturated rings. The molecule has 24 heavy (non-hydrogen) atoms. The second-order valence-corrected chi connectivity index (χ2v) is 6.61. The molecule has 1 N–H and O–H groups in total. The van der Waals surface area contributed by atoms with Crippen LogP contribution in [0.1, 0.15) is 31.4 Å². The topological polar surface area (TPSA) is 75.9 Å². The normalized spacial score (nSPS) is 19.9. The summed E-state index contributed by atoms with van der Waals surface area (Å²) in [5.74, 6) is 0.764. The Labute approximate surface area is 146 Å². The molecule has 0 aliphatic carbocycles. The molecule has 0 bridgehead atoms. The Hall–Kier alpha value is -1.99. The lowest BCUT2D eigenvalue weighted by Gasteiger charge is -2.35. The number of nitrogens with zero attached hydrogens (tertiary/aromatic N) is 5. The molecule has 1 aliphatic heterocycles. The first-order chi connectivity index (χ1) is 11.5. The highest BCUT2D eigenvalue weighted by Crippen LogP contribution is 2.26. The standard InChI is InChI=1S/C16H21ClN6O/c1-11(16(24)19-15-6-5-13(17)8-18-15)23-7-3-4-12(9-23)14-10-22(2)21-20-14/h5-6,8,10-12H,3-4,7,9H2,1-2H3,(H,18,19,24). The number of hydrogen-bond acceptors (Lipinski definition) is 5. The van der Waals surface area contributed by atoms with Gasteiger partial charge in [-0.25, -0.2) is 4.98 Å². The van der Waals surface area contributed by atoms with E-state index in [1.807, 2.05) is 20.2 Å². The second-order valence-electron chi connectivity index (χ2n) is 6.18. The van der Waals surface area contributed by atoms with E-state index < -0.39 is 0 Å². The number of likely N-dealkylation sites (tertiary alicyclic amines) is 1. The van der Waals surface area contributed by atoms with Crippen LogP contribution in [-0.4, -0.2) is 49.9 Å². The quantitative estimate of drug-likeness (QED) is 0.915. The van der Waals surface area contributed by atoms with Gasteiger partial charge >= 0.3 is 0 Å². The van der Waals surface area contributed by atoms with Gasteiger partial charge in [-0.1, -0.05) is 16.8 Å². The van der Waals surface area contributed by atoms with Crippen LogP contribution in [-0.2, 0) is 11.8 Å². The second kappa shape index (κ2) is 7.27. The summed E-state index contributed by atoms with van der Waals surface area (Å²) >= 11 is 5.81. The first-order valence-corrected chi connectivity index (χ1v) is 8.43. The zero-order chi connectivity index (χ0) is 17.1. The van der Waals surface area contributed by atoms with Crippen LogP contribution < -0.4 is 5.32 Å². The third-order valence-electron chi connectivity index (χ3n) is 4.40. The fourth-order valence-electron chi connectivity index (χ4n) is 3.00. The third kappa shape index (κ3) is 3.91. The van der Waals surface area contributed by atoms with Gasteiger partial charge in [0, 0.05) is 31.9 Å². The summed E-state index contributed by atoms with van der Waals surface area (Å²) in [5, 5.41) is 11.6. The van der Waals surface area contributed by atoms with Gasteiger partial charge in [-0.05, 0) is 38.4 Å².